The Kier molecular flexibility index (Phi) is 4.67. The molecule has 2 N–H and O–H groups in total. The number of aromatic nitrogens is 2. The van der Waals surface area contributed by atoms with E-state index in [0.29, 0.717) is 19.5 Å². The number of amides is 2. The molecule has 0 bridgehead atoms. The molecule has 3 aromatic carbocycles. The van der Waals surface area contributed by atoms with Gasteiger partial charge in [0.05, 0.1) is 22.6 Å². The van der Waals surface area contributed by atoms with Crippen molar-refractivity contribution in [2.24, 2.45) is 5.92 Å². The zero-order chi connectivity index (χ0) is 20.5. The van der Waals surface area contributed by atoms with E-state index in [-0.39, 0.29) is 24.2 Å². The van der Waals surface area contributed by atoms with Crippen LogP contribution in [0.5, 0.6) is 0 Å². The molecule has 1 aliphatic rings. The maximum absolute atomic E-state index is 12.7. The summed E-state index contributed by atoms with van der Waals surface area (Å²) in [5.74, 6) is 0.412. The summed E-state index contributed by atoms with van der Waals surface area (Å²) in [6.07, 6.45) is 0.855. The van der Waals surface area contributed by atoms with E-state index in [9.17, 15) is 9.59 Å². The molecule has 6 nitrogen and oxygen atoms in total. The molecule has 1 aromatic heterocycles. The maximum atomic E-state index is 12.7. The van der Waals surface area contributed by atoms with Crippen LogP contribution in [0.25, 0.3) is 21.8 Å². The van der Waals surface area contributed by atoms with E-state index in [2.05, 4.69) is 15.3 Å². The Bertz CT molecular complexity index is 1210. The van der Waals surface area contributed by atoms with Gasteiger partial charge in [0.25, 0.3) is 0 Å². The minimum Gasteiger partial charge on any atom is -0.355 e. The number of nitrogens with one attached hydrogen (secondary N) is 2. The molecule has 150 valence electrons. The highest BCUT2D eigenvalue weighted by molar-refractivity contribution is 6.07. The second kappa shape index (κ2) is 7.63. The largest absolute Gasteiger partial charge is 0.355 e. The Hall–Kier alpha value is -3.67. The van der Waals surface area contributed by atoms with Gasteiger partial charge < -0.3 is 15.2 Å². The number of anilines is 1. The van der Waals surface area contributed by atoms with Gasteiger partial charge in [0.1, 0.15) is 5.82 Å². The average molecular weight is 398 g/mol. The van der Waals surface area contributed by atoms with E-state index in [1.807, 2.05) is 66.7 Å². The molecule has 30 heavy (non-hydrogen) atoms. The van der Waals surface area contributed by atoms with Crippen molar-refractivity contribution in [2.45, 2.75) is 12.8 Å². The van der Waals surface area contributed by atoms with E-state index in [4.69, 9.17) is 0 Å². The summed E-state index contributed by atoms with van der Waals surface area (Å²) in [6.45, 7) is 0.890. The third-order valence-corrected chi connectivity index (χ3v) is 5.65. The number of carbonyl (C=O) groups is 2. The second-order valence-corrected chi connectivity index (χ2v) is 7.65. The molecule has 1 unspecified atom stereocenters. The number of imidazole rings is 1. The van der Waals surface area contributed by atoms with Crippen molar-refractivity contribution in [3.8, 4) is 0 Å². The normalized spacial score (nSPS) is 16.5. The monoisotopic (exact) mass is 398 g/mol. The molecule has 5 rings (SSSR count). The summed E-state index contributed by atoms with van der Waals surface area (Å²) in [5.41, 5.74) is 2.78. The quantitative estimate of drug-likeness (QED) is 0.541. The van der Waals surface area contributed by atoms with Gasteiger partial charge in [0.2, 0.25) is 11.8 Å². The first-order valence-corrected chi connectivity index (χ1v) is 10.2. The van der Waals surface area contributed by atoms with Gasteiger partial charge in [-0.25, -0.2) is 4.98 Å². The molecule has 2 heterocycles. The lowest BCUT2D eigenvalue weighted by Gasteiger charge is -2.19. The smallest absolute Gasteiger partial charge is 0.227 e. The number of nitrogens with zero attached hydrogens (tertiary/aromatic N) is 2. The Labute approximate surface area is 173 Å². The van der Waals surface area contributed by atoms with Crippen molar-refractivity contribution in [3.63, 3.8) is 0 Å². The molecule has 1 aliphatic heterocycles. The minimum atomic E-state index is -0.341. The van der Waals surface area contributed by atoms with E-state index in [1.54, 1.807) is 4.90 Å². The molecular weight excluding hydrogens is 376 g/mol. The average Bonchev–Trinajstić information content (AvgIpc) is 3.36. The number of H-pyrrole nitrogens is 1. The summed E-state index contributed by atoms with van der Waals surface area (Å²) in [7, 11) is 0. The van der Waals surface area contributed by atoms with Crippen molar-refractivity contribution in [2.75, 3.05) is 18.0 Å². The zero-order valence-corrected chi connectivity index (χ0v) is 16.5. The first-order valence-electron chi connectivity index (χ1n) is 10.2. The van der Waals surface area contributed by atoms with Crippen LogP contribution >= 0.6 is 0 Å². The highest BCUT2D eigenvalue weighted by Gasteiger charge is 2.35. The second-order valence-electron chi connectivity index (χ2n) is 7.65. The Morgan fingerprint density at radius 2 is 1.87 bits per heavy atom. The number of para-hydroxylation sites is 2. The summed E-state index contributed by atoms with van der Waals surface area (Å²) in [5, 5.41) is 5.08. The zero-order valence-electron chi connectivity index (χ0n) is 16.5. The van der Waals surface area contributed by atoms with Crippen molar-refractivity contribution in [1.29, 1.82) is 0 Å². The molecule has 6 heteroatoms. The number of benzene rings is 3. The van der Waals surface area contributed by atoms with Gasteiger partial charge in [-0.2, -0.15) is 0 Å². The molecular formula is C24H22N4O2. The number of aromatic amines is 1. The van der Waals surface area contributed by atoms with E-state index in [1.165, 1.54) is 0 Å². The number of hydrogen-bond acceptors (Lipinski definition) is 3. The first kappa shape index (κ1) is 18.4. The van der Waals surface area contributed by atoms with Crippen LogP contribution in [0.2, 0.25) is 0 Å². The molecule has 0 radical (unpaired) electrons. The van der Waals surface area contributed by atoms with Crippen molar-refractivity contribution in [1.82, 2.24) is 15.3 Å². The minimum absolute atomic E-state index is 0.0104. The topological polar surface area (TPSA) is 78.1 Å². The first-order chi connectivity index (χ1) is 14.7. The van der Waals surface area contributed by atoms with Crippen molar-refractivity contribution in [3.05, 3.63) is 72.6 Å². The van der Waals surface area contributed by atoms with Gasteiger partial charge in [-0.3, -0.25) is 9.59 Å². The number of fused-ring (bicyclic) bond motifs is 2. The highest BCUT2D eigenvalue weighted by Crippen LogP contribution is 2.31. The predicted molar refractivity (Wildman–Crippen MR) is 117 cm³/mol. The van der Waals surface area contributed by atoms with Gasteiger partial charge >= 0.3 is 0 Å². The van der Waals surface area contributed by atoms with Crippen LogP contribution in [-0.4, -0.2) is 34.9 Å². The molecule has 2 amide bonds. The number of hydrogen-bond donors (Lipinski definition) is 2. The molecule has 0 spiro atoms. The molecule has 1 atom stereocenters. The fourth-order valence-electron chi connectivity index (χ4n) is 4.13. The van der Waals surface area contributed by atoms with Crippen LogP contribution < -0.4 is 10.2 Å². The van der Waals surface area contributed by atoms with Crippen molar-refractivity contribution >= 4 is 39.3 Å². The summed E-state index contributed by atoms with van der Waals surface area (Å²) < 4.78 is 0. The van der Waals surface area contributed by atoms with Gasteiger partial charge in [-0.1, -0.05) is 48.5 Å². The fraction of sp³-hybridized carbons (Fsp3) is 0.208. The van der Waals surface area contributed by atoms with E-state index in [0.717, 1.165) is 33.3 Å². The molecule has 1 saturated heterocycles. The maximum Gasteiger partial charge on any atom is 0.227 e. The van der Waals surface area contributed by atoms with Crippen LogP contribution in [-0.2, 0) is 16.0 Å². The van der Waals surface area contributed by atoms with Gasteiger partial charge in [0.15, 0.2) is 0 Å². The fourth-order valence-corrected chi connectivity index (χ4v) is 4.13. The van der Waals surface area contributed by atoms with Crippen LogP contribution in [0.1, 0.15) is 12.2 Å². The number of rotatable bonds is 5. The van der Waals surface area contributed by atoms with Crippen LogP contribution in [0.4, 0.5) is 5.69 Å². The summed E-state index contributed by atoms with van der Waals surface area (Å²) in [6, 6.07) is 21.8. The van der Waals surface area contributed by atoms with Crippen LogP contribution in [0, 0.1) is 5.92 Å². The molecule has 1 fully saturated rings. The Morgan fingerprint density at radius 1 is 1.07 bits per heavy atom. The Morgan fingerprint density at radius 3 is 2.77 bits per heavy atom. The summed E-state index contributed by atoms with van der Waals surface area (Å²) in [4.78, 5) is 34.9. The van der Waals surface area contributed by atoms with E-state index < -0.39 is 0 Å². The third-order valence-electron chi connectivity index (χ3n) is 5.65. The summed E-state index contributed by atoms with van der Waals surface area (Å²) >= 11 is 0. The van der Waals surface area contributed by atoms with Crippen molar-refractivity contribution < 1.29 is 9.59 Å². The Balaban J connectivity index is 1.23. The molecule has 0 aliphatic carbocycles. The molecule has 4 aromatic rings. The van der Waals surface area contributed by atoms with E-state index >= 15 is 0 Å². The van der Waals surface area contributed by atoms with Gasteiger partial charge in [-0.05, 0) is 23.6 Å². The SMILES string of the molecule is O=C(NCCc1nc2ccccc2[nH]1)C1CC(=O)N(c2cccc3ccccc23)C1. The standard InChI is InChI=1S/C24H22N4O2/c29-23-14-17(15-28(23)21-11-5-7-16-6-1-2-8-18(16)21)24(30)25-13-12-22-26-19-9-3-4-10-20(19)27-22/h1-11,17H,12-15H2,(H,25,30)(H,26,27). The lowest BCUT2D eigenvalue weighted by Crippen LogP contribution is -2.34. The van der Waals surface area contributed by atoms with Crippen LogP contribution in [0.3, 0.4) is 0 Å². The van der Waals surface area contributed by atoms with Gasteiger partial charge in [-0.15, -0.1) is 0 Å². The molecule has 0 saturated carbocycles. The van der Waals surface area contributed by atoms with Crippen LogP contribution in [0.15, 0.2) is 66.7 Å². The number of carbonyl (C=O) groups excluding carboxylic acids is 2. The lowest BCUT2D eigenvalue weighted by molar-refractivity contribution is -0.126. The highest BCUT2D eigenvalue weighted by atomic mass is 16.2. The lowest BCUT2D eigenvalue weighted by atomic mass is 10.1. The van der Waals surface area contributed by atoms with Gasteiger partial charge in [0, 0.05) is 31.3 Å². The predicted octanol–water partition coefficient (Wildman–Crippen LogP) is 3.43. The third kappa shape index (κ3) is 3.41.